The first kappa shape index (κ1) is 14.9. The molecule has 0 unspecified atom stereocenters. The maximum absolute atomic E-state index is 3.24. The molecule has 2 aromatic rings. The lowest BCUT2D eigenvalue weighted by atomic mass is 10.2. The molecule has 0 radical (unpaired) electrons. The van der Waals surface area contributed by atoms with E-state index in [-0.39, 0.29) is 0 Å². The van der Waals surface area contributed by atoms with E-state index in [1.165, 1.54) is 5.69 Å². The lowest BCUT2D eigenvalue weighted by molar-refractivity contribution is -0.663. The van der Waals surface area contributed by atoms with Gasteiger partial charge in [-0.1, -0.05) is 24.1 Å². The number of pyridine rings is 1. The van der Waals surface area contributed by atoms with Crippen LogP contribution in [-0.2, 0) is 7.05 Å². The Bertz CT molecular complexity index is 666. The van der Waals surface area contributed by atoms with Gasteiger partial charge in [0.05, 0.1) is 32.4 Å². The van der Waals surface area contributed by atoms with Crippen molar-refractivity contribution in [3.63, 3.8) is 0 Å². The number of rotatable bonds is 4. The predicted molar refractivity (Wildman–Crippen MR) is 88.8 cm³/mol. The number of anilines is 3. The van der Waals surface area contributed by atoms with Crippen LogP contribution in [0.25, 0.3) is 0 Å². The Kier molecular flexibility index (Phi) is 4.84. The minimum absolute atomic E-state index is 0.677. The number of nitrogens with one attached hydrogen (secondary N) is 1. The maximum Gasteiger partial charge on any atom is 0.276 e. The molecule has 1 heterocycles. The van der Waals surface area contributed by atoms with Crippen LogP contribution in [0.3, 0.4) is 0 Å². The van der Waals surface area contributed by atoms with E-state index in [1.54, 1.807) is 0 Å². The van der Waals surface area contributed by atoms with E-state index in [0.29, 0.717) is 6.54 Å². The molecule has 0 aliphatic heterocycles. The monoisotopic (exact) mass is 280 g/mol. The number of hydrogen-bond acceptors (Lipinski definition) is 2. The highest BCUT2D eigenvalue weighted by Crippen LogP contribution is 2.26. The minimum atomic E-state index is 0.677. The van der Waals surface area contributed by atoms with Crippen LogP contribution in [0.4, 0.5) is 17.2 Å². The molecule has 0 spiro atoms. The lowest BCUT2D eigenvalue weighted by Crippen LogP contribution is -2.36. The van der Waals surface area contributed by atoms with Gasteiger partial charge in [-0.2, -0.15) is 0 Å². The van der Waals surface area contributed by atoms with Crippen molar-refractivity contribution < 1.29 is 4.57 Å². The Morgan fingerprint density at radius 3 is 2.48 bits per heavy atom. The lowest BCUT2D eigenvalue weighted by Gasteiger charge is -2.23. The second-order valence-corrected chi connectivity index (χ2v) is 4.90. The minimum Gasteiger partial charge on any atom is -0.329 e. The average Bonchev–Trinajstić information content (AvgIpc) is 2.52. The van der Waals surface area contributed by atoms with E-state index in [2.05, 4.69) is 77.0 Å². The zero-order chi connectivity index (χ0) is 15.2. The third-order valence-electron chi connectivity index (χ3n) is 3.58. The quantitative estimate of drug-likeness (QED) is 0.686. The highest BCUT2D eigenvalue weighted by Gasteiger charge is 2.14. The summed E-state index contributed by atoms with van der Waals surface area (Å²) in [6, 6.07) is 14.7. The van der Waals surface area contributed by atoms with Gasteiger partial charge in [0, 0.05) is 11.8 Å². The van der Waals surface area contributed by atoms with Crippen molar-refractivity contribution in [1.29, 1.82) is 0 Å². The van der Waals surface area contributed by atoms with Crippen LogP contribution in [0.1, 0.15) is 12.6 Å². The van der Waals surface area contributed by atoms with Gasteiger partial charge in [0.15, 0.2) is 0 Å². The van der Waals surface area contributed by atoms with Gasteiger partial charge in [0.25, 0.3) is 5.82 Å². The highest BCUT2D eigenvalue weighted by atomic mass is 15.1. The average molecular weight is 280 g/mol. The zero-order valence-electron chi connectivity index (χ0n) is 13.1. The van der Waals surface area contributed by atoms with Gasteiger partial charge < -0.3 is 4.90 Å². The van der Waals surface area contributed by atoms with E-state index in [0.717, 1.165) is 17.2 Å². The number of benzene rings is 1. The van der Waals surface area contributed by atoms with Crippen LogP contribution in [0.5, 0.6) is 0 Å². The Hall–Kier alpha value is -2.47. The first-order valence-electron chi connectivity index (χ1n) is 7.08. The van der Waals surface area contributed by atoms with Gasteiger partial charge in [0.2, 0.25) is 0 Å². The second-order valence-electron chi connectivity index (χ2n) is 4.90. The van der Waals surface area contributed by atoms with Crippen LogP contribution in [0.15, 0.2) is 42.5 Å². The van der Waals surface area contributed by atoms with Gasteiger partial charge >= 0.3 is 0 Å². The van der Waals surface area contributed by atoms with Crippen molar-refractivity contribution in [3.8, 4) is 11.8 Å². The van der Waals surface area contributed by atoms with Crippen LogP contribution < -0.4 is 14.8 Å². The Morgan fingerprint density at radius 2 is 1.86 bits per heavy atom. The van der Waals surface area contributed by atoms with Crippen molar-refractivity contribution in [2.45, 2.75) is 13.8 Å². The zero-order valence-corrected chi connectivity index (χ0v) is 13.1. The Morgan fingerprint density at radius 1 is 1.14 bits per heavy atom. The summed E-state index contributed by atoms with van der Waals surface area (Å²) >= 11 is 0. The highest BCUT2D eigenvalue weighted by molar-refractivity contribution is 5.66. The third-order valence-corrected chi connectivity index (χ3v) is 3.58. The number of aryl methyl sites for hydroxylation is 1. The molecule has 0 atom stereocenters. The standard InChI is InChI=1S/C18H21N3/c1-5-6-12-21(16-10-8-7-9-11-16)17-13-15(2)20(4)18(14-17)19-3/h7-11,13-14H,12H2,1-4H3/p+1. The van der Waals surface area contributed by atoms with Crippen LogP contribution in [0.2, 0.25) is 0 Å². The number of aromatic nitrogens is 1. The van der Waals surface area contributed by atoms with Crippen molar-refractivity contribution in [2.75, 3.05) is 23.8 Å². The topological polar surface area (TPSA) is 19.1 Å². The molecule has 0 saturated heterocycles. The molecule has 108 valence electrons. The van der Waals surface area contributed by atoms with Crippen LogP contribution >= 0.6 is 0 Å². The molecule has 3 heteroatoms. The van der Waals surface area contributed by atoms with E-state index in [1.807, 2.05) is 20.0 Å². The van der Waals surface area contributed by atoms with Crippen molar-refractivity contribution in [3.05, 3.63) is 48.2 Å². The fraction of sp³-hybridized carbons (Fsp3) is 0.278. The molecule has 1 aromatic carbocycles. The van der Waals surface area contributed by atoms with E-state index >= 15 is 0 Å². The fourth-order valence-electron chi connectivity index (χ4n) is 2.27. The smallest absolute Gasteiger partial charge is 0.276 e. The molecular formula is C18H22N3+. The van der Waals surface area contributed by atoms with E-state index in [4.69, 9.17) is 0 Å². The van der Waals surface area contributed by atoms with Crippen LogP contribution in [-0.4, -0.2) is 13.6 Å². The summed E-state index contributed by atoms with van der Waals surface area (Å²) in [5.41, 5.74) is 3.49. The summed E-state index contributed by atoms with van der Waals surface area (Å²) in [4.78, 5) is 2.23. The summed E-state index contributed by atoms with van der Waals surface area (Å²) in [6.07, 6.45) is 0. The van der Waals surface area contributed by atoms with Crippen LogP contribution in [0, 0.1) is 18.8 Å². The molecule has 0 amide bonds. The molecule has 3 nitrogen and oxygen atoms in total. The summed E-state index contributed by atoms with van der Waals surface area (Å²) in [5.74, 6) is 7.22. The van der Waals surface area contributed by atoms with Gasteiger partial charge in [-0.25, -0.2) is 4.57 Å². The fourth-order valence-corrected chi connectivity index (χ4v) is 2.27. The first-order chi connectivity index (χ1) is 10.2. The van der Waals surface area contributed by atoms with Gasteiger partial charge in [-0.3, -0.25) is 5.32 Å². The summed E-state index contributed by atoms with van der Waals surface area (Å²) < 4.78 is 2.14. The van der Waals surface area contributed by atoms with Gasteiger partial charge in [-0.15, -0.1) is 5.92 Å². The SMILES string of the molecule is CC#CCN(c1ccccc1)c1cc(C)[n+](C)c(NC)c1. The van der Waals surface area contributed by atoms with Crippen molar-refractivity contribution in [2.24, 2.45) is 7.05 Å². The van der Waals surface area contributed by atoms with Crippen molar-refractivity contribution in [1.82, 2.24) is 0 Å². The maximum atomic E-state index is 3.24. The Balaban J connectivity index is 2.50. The summed E-state index contributed by atoms with van der Waals surface area (Å²) in [5, 5.41) is 3.24. The van der Waals surface area contributed by atoms with E-state index in [9.17, 15) is 0 Å². The second kappa shape index (κ2) is 6.81. The molecular weight excluding hydrogens is 258 g/mol. The van der Waals surface area contributed by atoms with Gasteiger partial charge in [0.1, 0.15) is 5.69 Å². The molecule has 0 saturated carbocycles. The third kappa shape index (κ3) is 3.35. The van der Waals surface area contributed by atoms with Crippen molar-refractivity contribution >= 4 is 17.2 Å². The number of nitrogens with zero attached hydrogens (tertiary/aromatic N) is 2. The molecule has 2 rings (SSSR count). The normalized spacial score (nSPS) is 9.71. The molecule has 1 N–H and O–H groups in total. The molecule has 0 aliphatic carbocycles. The molecule has 21 heavy (non-hydrogen) atoms. The largest absolute Gasteiger partial charge is 0.329 e. The summed E-state index contributed by atoms with van der Waals surface area (Å²) in [6.45, 7) is 4.66. The molecule has 0 bridgehead atoms. The van der Waals surface area contributed by atoms with E-state index < -0.39 is 0 Å². The number of para-hydroxylation sites is 1. The first-order valence-corrected chi connectivity index (χ1v) is 7.08. The predicted octanol–water partition coefficient (Wildman–Crippen LogP) is 3.02. The number of hydrogen-bond donors (Lipinski definition) is 1. The van der Waals surface area contributed by atoms with Gasteiger partial charge in [-0.05, 0) is 26.0 Å². The molecule has 1 aromatic heterocycles. The molecule has 0 aliphatic rings. The Labute approximate surface area is 127 Å². The summed E-state index contributed by atoms with van der Waals surface area (Å²) in [7, 11) is 4.00. The molecule has 0 fully saturated rings.